The van der Waals surface area contributed by atoms with Gasteiger partial charge in [-0.2, -0.15) is 0 Å². The van der Waals surface area contributed by atoms with Crippen LogP contribution in [0.25, 0.3) is 10.2 Å². The first kappa shape index (κ1) is 11.2. The summed E-state index contributed by atoms with van der Waals surface area (Å²) in [5.41, 5.74) is 2.39. The van der Waals surface area contributed by atoms with E-state index in [2.05, 4.69) is 59.4 Å². The normalized spacial score (nSPS) is 10.7. The smallest absolute Gasteiger partial charge is 0.186 e. The topological polar surface area (TPSA) is 16.1 Å². The van der Waals surface area contributed by atoms with E-state index < -0.39 is 0 Å². The standard InChI is InChI=1S/C15H14N2S/c1-17(11-12-7-3-2-4-8-12)15-16-13-9-5-6-10-14(13)18-15/h2-10H,11H2,1H3. The van der Waals surface area contributed by atoms with Crippen LogP contribution in [0.1, 0.15) is 5.56 Å². The van der Waals surface area contributed by atoms with Gasteiger partial charge >= 0.3 is 0 Å². The van der Waals surface area contributed by atoms with E-state index in [1.165, 1.54) is 10.3 Å². The zero-order valence-corrected chi connectivity index (χ0v) is 11.0. The molecule has 1 heterocycles. The number of nitrogens with zero attached hydrogens (tertiary/aromatic N) is 2. The monoisotopic (exact) mass is 254 g/mol. The molecule has 90 valence electrons. The molecule has 0 amide bonds. The van der Waals surface area contributed by atoms with E-state index >= 15 is 0 Å². The van der Waals surface area contributed by atoms with Crippen LogP contribution in [0, 0.1) is 0 Å². The molecule has 0 bridgehead atoms. The Morgan fingerprint density at radius 1 is 1.00 bits per heavy atom. The van der Waals surface area contributed by atoms with Gasteiger partial charge < -0.3 is 4.90 Å². The molecule has 2 nitrogen and oxygen atoms in total. The molecule has 0 aliphatic rings. The predicted molar refractivity (Wildman–Crippen MR) is 78.2 cm³/mol. The molecule has 0 spiro atoms. The Morgan fingerprint density at radius 3 is 2.50 bits per heavy atom. The van der Waals surface area contributed by atoms with Gasteiger partial charge in [-0.25, -0.2) is 4.98 Å². The Labute approximate surface area is 111 Å². The Hall–Kier alpha value is -1.87. The summed E-state index contributed by atoms with van der Waals surface area (Å²) in [6, 6.07) is 18.7. The van der Waals surface area contributed by atoms with Crippen molar-refractivity contribution in [1.82, 2.24) is 4.98 Å². The second-order valence-electron chi connectivity index (χ2n) is 4.31. The first-order chi connectivity index (χ1) is 8.83. The maximum Gasteiger partial charge on any atom is 0.186 e. The number of rotatable bonds is 3. The highest BCUT2D eigenvalue weighted by molar-refractivity contribution is 7.22. The lowest BCUT2D eigenvalue weighted by atomic mass is 10.2. The minimum absolute atomic E-state index is 0.890. The molecule has 3 heteroatoms. The maximum atomic E-state index is 4.65. The molecule has 3 aromatic rings. The van der Waals surface area contributed by atoms with Crippen molar-refractivity contribution in [1.29, 1.82) is 0 Å². The number of benzene rings is 2. The number of hydrogen-bond acceptors (Lipinski definition) is 3. The van der Waals surface area contributed by atoms with Crippen molar-refractivity contribution in [3.8, 4) is 0 Å². The summed E-state index contributed by atoms with van der Waals surface area (Å²) in [5.74, 6) is 0. The Kier molecular flexibility index (Phi) is 2.99. The average molecular weight is 254 g/mol. The summed E-state index contributed by atoms with van der Waals surface area (Å²) < 4.78 is 1.24. The van der Waals surface area contributed by atoms with Crippen LogP contribution in [0.15, 0.2) is 54.6 Å². The van der Waals surface area contributed by atoms with Crippen LogP contribution in [0.4, 0.5) is 5.13 Å². The highest BCUT2D eigenvalue weighted by Crippen LogP contribution is 2.28. The lowest BCUT2D eigenvalue weighted by Crippen LogP contribution is -2.15. The molecule has 0 unspecified atom stereocenters. The van der Waals surface area contributed by atoms with E-state index in [-0.39, 0.29) is 0 Å². The zero-order valence-electron chi connectivity index (χ0n) is 10.2. The molecule has 0 saturated heterocycles. The van der Waals surface area contributed by atoms with Crippen LogP contribution < -0.4 is 4.90 Å². The van der Waals surface area contributed by atoms with Gasteiger partial charge in [0.1, 0.15) is 0 Å². The Balaban J connectivity index is 1.86. The highest BCUT2D eigenvalue weighted by atomic mass is 32.1. The molecule has 0 fully saturated rings. The van der Waals surface area contributed by atoms with Crippen LogP contribution >= 0.6 is 11.3 Å². The summed E-state index contributed by atoms with van der Waals surface area (Å²) in [5, 5.41) is 1.07. The third-order valence-corrected chi connectivity index (χ3v) is 4.02. The van der Waals surface area contributed by atoms with Crippen molar-refractivity contribution in [2.45, 2.75) is 6.54 Å². The van der Waals surface area contributed by atoms with Gasteiger partial charge in [0.15, 0.2) is 5.13 Å². The van der Waals surface area contributed by atoms with E-state index in [1.54, 1.807) is 11.3 Å². The second-order valence-corrected chi connectivity index (χ2v) is 5.31. The zero-order chi connectivity index (χ0) is 12.4. The number of fused-ring (bicyclic) bond motifs is 1. The van der Waals surface area contributed by atoms with E-state index in [1.807, 2.05) is 12.1 Å². The summed E-state index contributed by atoms with van der Waals surface area (Å²) in [4.78, 5) is 6.85. The third kappa shape index (κ3) is 2.22. The quantitative estimate of drug-likeness (QED) is 0.704. The highest BCUT2D eigenvalue weighted by Gasteiger charge is 2.08. The lowest BCUT2D eigenvalue weighted by Gasteiger charge is -2.15. The average Bonchev–Trinajstić information content (AvgIpc) is 2.84. The molecular weight excluding hydrogens is 240 g/mol. The summed E-state index contributed by atoms with van der Waals surface area (Å²) in [6.07, 6.45) is 0. The SMILES string of the molecule is CN(Cc1ccccc1)c1nc2ccccc2s1. The van der Waals surface area contributed by atoms with Gasteiger partial charge in [-0.3, -0.25) is 0 Å². The van der Waals surface area contributed by atoms with Crippen LogP contribution in [0.2, 0.25) is 0 Å². The van der Waals surface area contributed by atoms with Crippen molar-refractivity contribution in [3.05, 3.63) is 60.2 Å². The van der Waals surface area contributed by atoms with Gasteiger partial charge in [0.25, 0.3) is 0 Å². The molecule has 18 heavy (non-hydrogen) atoms. The van der Waals surface area contributed by atoms with E-state index in [0.29, 0.717) is 0 Å². The Bertz CT molecular complexity index is 613. The molecule has 0 saturated carbocycles. The van der Waals surface area contributed by atoms with Crippen LogP contribution in [-0.2, 0) is 6.54 Å². The fraction of sp³-hybridized carbons (Fsp3) is 0.133. The summed E-state index contributed by atoms with van der Waals surface area (Å²) in [6.45, 7) is 0.890. The number of para-hydroxylation sites is 1. The largest absolute Gasteiger partial charge is 0.347 e. The summed E-state index contributed by atoms with van der Waals surface area (Å²) in [7, 11) is 2.09. The minimum atomic E-state index is 0.890. The number of thiazole rings is 1. The van der Waals surface area contributed by atoms with Crippen LogP contribution in [-0.4, -0.2) is 12.0 Å². The lowest BCUT2D eigenvalue weighted by molar-refractivity contribution is 0.917. The molecule has 3 rings (SSSR count). The van der Waals surface area contributed by atoms with E-state index in [9.17, 15) is 0 Å². The maximum absolute atomic E-state index is 4.65. The second kappa shape index (κ2) is 4.78. The Morgan fingerprint density at radius 2 is 1.72 bits per heavy atom. The van der Waals surface area contributed by atoms with Gasteiger partial charge in [0.05, 0.1) is 10.2 Å². The first-order valence-electron chi connectivity index (χ1n) is 5.93. The van der Waals surface area contributed by atoms with Gasteiger partial charge in [-0.15, -0.1) is 0 Å². The van der Waals surface area contributed by atoms with E-state index in [0.717, 1.165) is 17.2 Å². The van der Waals surface area contributed by atoms with Crippen molar-refractivity contribution in [3.63, 3.8) is 0 Å². The van der Waals surface area contributed by atoms with Gasteiger partial charge in [0.2, 0.25) is 0 Å². The molecular formula is C15H14N2S. The van der Waals surface area contributed by atoms with Gasteiger partial charge in [0, 0.05) is 13.6 Å². The predicted octanol–water partition coefficient (Wildman–Crippen LogP) is 3.93. The van der Waals surface area contributed by atoms with Crippen molar-refractivity contribution < 1.29 is 0 Å². The third-order valence-electron chi connectivity index (χ3n) is 2.87. The van der Waals surface area contributed by atoms with Crippen molar-refractivity contribution >= 4 is 26.7 Å². The molecule has 0 aliphatic carbocycles. The fourth-order valence-corrected chi connectivity index (χ4v) is 2.87. The molecule has 0 radical (unpaired) electrons. The first-order valence-corrected chi connectivity index (χ1v) is 6.75. The molecule has 0 N–H and O–H groups in total. The molecule has 0 aliphatic heterocycles. The van der Waals surface area contributed by atoms with E-state index in [4.69, 9.17) is 0 Å². The van der Waals surface area contributed by atoms with Gasteiger partial charge in [-0.05, 0) is 17.7 Å². The molecule has 1 aromatic heterocycles. The molecule has 0 atom stereocenters. The number of hydrogen-bond donors (Lipinski definition) is 0. The number of anilines is 1. The minimum Gasteiger partial charge on any atom is -0.347 e. The number of aromatic nitrogens is 1. The fourth-order valence-electron chi connectivity index (χ4n) is 1.95. The van der Waals surface area contributed by atoms with Crippen LogP contribution in [0.3, 0.4) is 0 Å². The van der Waals surface area contributed by atoms with Gasteiger partial charge in [-0.1, -0.05) is 53.8 Å². The van der Waals surface area contributed by atoms with Crippen LogP contribution in [0.5, 0.6) is 0 Å². The van der Waals surface area contributed by atoms with Crippen molar-refractivity contribution in [2.75, 3.05) is 11.9 Å². The molecule has 2 aromatic carbocycles. The summed E-state index contributed by atoms with van der Waals surface area (Å²) >= 11 is 1.74. The van der Waals surface area contributed by atoms with Crippen molar-refractivity contribution in [2.24, 2.45) is 0 Å².